The normalized spacial score (nSPS) is 13.5. The third-order valence-electron chi connectivity index (χ3n) is 2.03. The Kier molecular flexibility index (Phi) is 4.04. The number of benzene rings is 1. The van der Waals surface area contributed by atoms with E-state index in [1.807, 2.05) is 0 Å². The molecule has 0 bridgehead atoms. The van der Waals surface area contributed by atoms with Gasteiger partial charge in [0, 0.05) is 5.56 Å². The molecule has 0 saturated carbocycles. The van der Waals surface area contributed by atoms with Crippen LogP contribution in [0.1, 0.15) is 11.6 Å². The minimum Gasteiger partial charge on any atom is -0.316 e. The summed E-state index contributed by atoms with van der Waals surface area (Å²) in [6.07, 6.45) is -4.92. The number of nitrogens with two attached hydrogens (primary N) is 1. The molecular formula is C8H4Cl2F4N2O2. The molecule has 0 aromatic heterocycles. The summed E-state index contributed by atoms with van der Waals surface area (Å²) in [4.78, 5) is 9.39. The fourth-order valence-electron chi connectivity index (χ4n) is 1.17. The molecule has 0 spiro atoms. The van der Waals surface area contributed by atoms with Crippen LogP contribution in [0.25, 0.3) is 0 Å². The van der Waals surface area contributed by atoms with Gasteiger partial charge in [-0.15, -0.1) is 0 Å². The second kappa shape index (κ2) is 4.87. The van der Waals surface area contributed by atoms with E-state index in [-0.39, 0.29) is 0 Å². The minimum atomic E-state index is -4.92. The highest BCUT2D eigenvalue weighted by Crippen LogP contribution is 2.42. The zero-order chi connectivity index (χ0) is 14.2. The summed E-state index contributed by atoms with van der Waals surface area (Å²) in [5.41, 5.74) is 2.73. The molecule has 0 aliphatic rings. The number of hydrogen-bond donors (Lipinski definition) is 1. The second-order valence-electron chi connectivity index (χ2n) is 3.20. The second-order valence-corrected chi connectivity index (χ2v) is 3.96. The number of alkyl halides is 3. The predicted octanol–water partition coefficient (Wildman–Crippen LogP) is 3.60. The summed E-state index contributed by atoms with van der Waals surface area (Å²) >= 11 is 10.7. The van der Waals surface area contributed by atoms with Gasteiger partial charge in [0.15, 0.2) is 5.02 Å². The molecule has 1 rings (SSSR count). The standard InChI is InChI=1S/C8H4Cl2F4N2O2/c9-4-2(7(15)8(12,13)14)1-3(11)5(10)6(4)16(17)18/h1,7H,15H2/t7-/m1/s1. The first-order chi connectivity index (χ1) is 8.07. The third kappa shape index (κ3) is 2.65. The molecule has 100 valence electrons. The lowest BCUT2D eigenvalue weighted by Gasteiger charge is -2.17. The first-order valence-corrected chi connectivity index (χ1v) is 4.97. The van der Waals surface area contributed by atoms with Crippen LogP contribution in [0.15, 0.2) is 6.07 Å². The molecule has 4 nitrogen and oxygen atoms in total. The van der Waals surface area contributed by atoms with Crippen molar-refractivity contribution in [3.63, 3.8) is 0 Å². The SMILES string of the molecule is N[C@H](c1cc(F)c(Cl)c([N+](=O)[O-])c1Cl)C(F)(F)F. The topological polar surface area (TPSA) is 69.2 Å². The van der Waals surface area contributed by atoms with E-state index >= 15 is 0 Å². The van der Waals surface area contributed by atoms with Crippen molar-refractivity contribution in [2.24, 2.45) is 5.73 Å². The first kappa shape index (κ1) is 14.9. The number of rotatable bonds is 2. The van der Waals surface area contributed by atoms with Crippen molar-refractivity contribution in [2.75, 3.05) is 0 Å². The maximum absolute atomic E-state index is 13.2. The third-order valence-corrected chi connectivity index (χ3v) is 2.79. The van der Waals surface area contributed by atoms with Crippen LogP contribution < -0.4 is 5.73 Å². The lowest BCUT2D eigenvalue weighted by Crippen LogP contribution is -2.29. The molecule has 18 heavy (non-hydrogen) atoms. The summed E-state index contributed by atoms with van der Waals surface area (Å²) < 4.78 is 50.3. The molecule has 0 unspecified atom stereocenters. The summed E-state index contributed by atoms with van der Waals surface area (Å²) in [6.45, 7) is 0. The van der Waals surface area contributed by atoms with Crippen molar-refractivity contribution >= 4 is 28.9 Å². The Morgan fingerprint density at radius 1 is 1.33 bits per heavy atom. The van der Waals surface area contributed by atoms with Crippen molar-refractivity contribution in [3.05, 3.63) is 37.6 Å². The van der Waals surface area contributed by atoms with Crippen LogP contribution in [-0.4, -0.2) is 11.1 Å². The molecule has 0 radical (unpaired) electrons. The van der Waals surface area contributed by atoms with Gasteiger partial charge in [0.05, 0.1) is 4.92 Å². The Morgan fingerprint density at radius 2 is 1.83 bits per heavy atom. The molecule has 0 heterocycles. The molecule has 0 fully saturated rings. The van der Waals surface area contributed by atoms with E-state index in [4.69, 9.17) is 28.9 Å². The largest absolute Gasteiger partial charge is 0.407 e. The van der Waals surface area contributed by atoms with Crippen LogP contribution >= 0.6 is 23.2 Å². The van der Waals surface area contributed by atoms with E-state index < -0.39 is 44.3 Å². The average Bonchev–Trinajstić information content (AvgIpc) is 2.21. The summed E-state index contributed by atoms with van der Waals surface area (Å²) in [5.74, 6) is -1.40. The van der Waals surface area contributed by atoms with E-state index in [9.17, 15) is 27.7 Å². The van der Waals surface area contributed by atoms with Crippen LogP contribution in [0.2, 0.25) is 10.0 Å². The van der Waals surface area contributed by atoms with E-state index in [1.54, 1.807) is 0 Å². The van der Waals surface area contributed by atoms with Crippen molar-refractivity contribution in [3.8, 4) is 0 Å². The molecule has 1 aromatic rings. The van der Waals surface area contributed by atoms with Crippen molar-refractivity contribution in [1.29, 1.82) is 0 Å². The van der Waals surface area contributed by atoms with E-state index in [0.717, 1.165) is 0 Å². The van der Waals surface area contributed by atoms with Gasteiger partial charge in [-0.3, -0.25) is 10.1 Å². The van der Waals surface area contributed by atoms with Crippen LogP contribution in [0.5, 0.6) is 0 Å². The maximum atomic E-state index is 13.2. The number of hydrogen-bond acceptors (Lipinski definition) is 3. The van der Waals surface area contributed by atoms with Crippen molar-refractivity contribution in [2.45, 2.75) is 12.2 Å². The van der Waals surface area contributed by atoms with Gasteiger partial charge < -0.3 is 5.73 Å². The molecule has 0 saturated heterocycles. The summed E-state index contributed by atoms with van der Waals surface area (Å²) in [7, 11) is 0. The molecule has 1 aromatic carbocycles. The molecule has 0 amide bonds. The summed E-state index contributed by atoms with van der Waals surface area (Å²) in [6, 6.07) is -2.31. The highest BCUT2D eigenvalue weighted by atomic mass is 35.5. The van der Waals surface area contributed by atoms with Gasteiger partial charge in [-0.2, -0.15) is 13.2 Å². The zero-order valence-electron chi connectivity index (χ0n) is 8.26. The molecule has 2 N–H and O–H groups in total. The van der Waals surface area contributed by atoms with Crippen LogP contribution in [-0.2, 0) is 0 Å². The fraction of sp³-hybridized carbons (Fsp3) is 0.250. The smallest absolute Gasteiger partial charge is 0.316 e. The van der Waals surface area contributed by atoms with E-state index in [1.165, 1.54) is 0 Å². The van der Waals surface area contributed by atoms with Gasteiger partial charge in [-0.05, 0) is 6.07 Å². The lowest BCUT2D eigenvalue weighted by molar-refractivity contribution is -0.384. The highest BCUT2D eigenvalue weighted by molar-refractivity contribution is 6.38. The van der Waals surface area contributed by atoms with Gasteiger partial charge in [0.25, 0.3) is 0 Å². The van der Waals surface area contributed by atoms with Crippen LogP contribution in [0.3, 0.4) is 0 Å². The van der Waals surface area contributed by atoms with Gasteiger partial charge in [0.2, 0.25) is 0 Å². The van der Waals surface area contributed by atoms with Gasteiger partial charge in [-0.1, -0.05) is 23.2 Å². The number of halogens is 6. The van der Waals surface area contributed by atoms with Gasteiger partial charge >= 0.3 is 11.9 Å². The monoisotopic (exact) mass is 306 g/mol. The highest BCUT2D eigenvalue weighted by Gasteiger charge is 2.41. The van der Waals surface area contributed by atoms with Gasteiger partial charge in [-0.25, -0.2) is 4.39 Å². The maximum Gasteiger partial charge on any atom is 0.407 e. The average molecular weight is 307 g/mol. The molecule has 0 aliphatic carbocycles. The fourth-order valence-corrected chi connectivity index (χ4v) is 1.77. The predicted molar refractivity (Wildman–Crippen MR) is 56.1 cm³/mol. The molecule has 10 heteroatoms. The van der Waals surface area contributed by atoms with Crippen molar-refractivity contribution < 1.29 is 22.5 Å². The number of nitro benzene ring substituents is 1. The Balaban J connectivity index is 3.54. The Bertz CT molecular complexity index is 507. The Hall–Kier alpha value is -1.12. The molecule has 0 aliphatic heterocycles. The van der Waals surface area contributed by atoms with E-state index in [2.05, 4.69) is 0 Å². The lowest BCUT2D eigenvalue weighted by atomic mass is 10.1. The van der Waals surface area contributed by atoms with Gasteiger partial charge in [0.1, 0.15) is 16.9 Å². The minimum absolute atomic E-state index is 0.329. The molecule has 1 atom stereocenters. The Morgan fingerprint density at radius 3 is 2.22 bits per heavy atom. The van der Waals surface area contributed by atoms with E-state index in [0.29, 0.717) is 6.07 Å². The van der Waals surface area contributed by atoms with Crippen LogP contribution in [0.4, 0.5) is 23.2 Å². The van der Waals surface area contributed by atoms with Crippen molar-refractivity contribution in [1.82, 2.24) is 0 Å². The Labute approximate surface area is 107 Å². The molecular weight excluding hydrogens is 303 g/mol. The zero-order valence-corrected chi connectivity index (χ0v) is 9.78. The number of nitrogens with zero attached hydrogens (tertiary/aromatic N) is 1. The number of nitro groups is 1. The first-order valence-electron chi connectivity index (χ1n) is 4.21. The van der Waals surface area contributed by atoms with Crippen LogP contribution in [0, 0.1) is 15.9 Å². The summed E-state index contributed by atoms with van der Waals surface area (Å²) in [5, 5.41) is 8.66. The quantitative estimate of drug-likeness (QED) is 0.393.